The Bertz CT molecular complexity index is 76.4. The lowest BCUT2D eigenvalue weighted by molar-refractivity contribution is 1.40. The van der Waals surface area contributed by atoms with Crippen LogP contribution in [0.2, 0.25) is 0 Å². The summed E-state index contributed by atoms with van der Waals surface area (Å²) in [7, 11) is 0. The first-order valence-electron chi connectivity index (χ1n) is 1.75. The fourth-order valence-electron chi connectivity index (χ4n) is 0.136. The number of nitrogens with zero attached hydrogens (tertiary/aromatic N) is 1. The van der Waals surface area contributed by atoms with Gasteiger partial charge in [-0.1, -0.05) is 6.08 Å². The summed E-state index contributed by atoms with van der Waals surface area (Å²) in [4.78, 5) is 0. The van der Waals surface area contributed by atoms with Crippen molar-refractivity contribution in [1.82, 2.24) is 0 Å². The molecule has 1 heteroatoms. The molecule has 0 fully saturated rings. The minimum atomic E-state index is 0.702. The van der Waals surface area contributed by atoms with Crippen LogP contribution in [-0.2, 0) is 0 Å². The molecule has 31 valence electrons. The van der Waals surface area contributed by atoms with Crippen LogP contribution in [-0.4, -0.2) is 0 Å². The third-order valence-electron chi connectivity index (χ3n) is 0.359. The Balaban J connectivity index is 3.02. The summed E-state index contributed by atoms with van der Waals surface area (Å²) in [5, 5.41) is 7.83. The Labute approximate surface area is 37.9 Å². The lowest BCUT2D eigenvalue weighted by Crippen LogP contribution is -1.47. The van der Waals surface area contributed by atoms with Gasteiger partial charge in [0.1, 0.15) is 0 Å². The van der Waals surface area contributed by atoms with Crippen molar-refractivity contribution < 1.29 is 0 Å². The van der Waals surface area contributed by atoms with E-state index in [1.807, 2.05) is 6.07 Å². The van der Waals surface area contributed by atoms with Gasteiger partial charge in [-0.05, 0) is 13.3 Å². The van der Waals surface area contributed by atoms with Gasteiger partial charge < -0.3 is 0 Å². The molecule has 0 heterocycles. The molecule has 0 aromatic heterocycles. The highest BCUT2D eigenvalue weighted by molar-refractivity contribution is 5.01. The summed E-state index contributed by atoms with van der Waals surface area (Å²) < 4.78 is 0. The van der Waals surface area contributed by atoms with Crippen molar-refractivity contribution in [2.45, 2.75) is 6.42 Å². The Morgan fingerprint density at radius 3 is 2.67 bits per heavy atom. The molecule has 0 aromatic rings. The second-order valence-corrected chi connectivity index (χ2v) is 0.820. The van der Waals surface area contributed by atoms with E-state index in [2.05, 4.69) is 6.92 Å². The first-order valence-corrected chi connectivity index (χ1v) is 1.75. The normalized spacial score (nSPS) is 8.67. The van der Waals surface area contributed by atoms with Crippen LogP contribution < -0.4 is 0 Å². The molecule has 0 saturated heterocycles. The molecule has 0 rings (SSSR count). The maximum absolute atomic E-state index is 7.83. The van der Waals surface area contributed by atoms with E-state index in [-0.39, 0.29) is 0 Å². The summed E-state index contributed by atoms with van der Waals surface area (Å²) >= 11 is 0. The molecule has 1 nitrogen and oxygen atoms in total. The van der Waals surface area contributed by atoms with Gasteiger partial charge >= 0.3 is 0 Å². The van der Waals surface area contributed by atoms with Gasteiger partial charge in [-0.2, -0.15) is 5.26 Å². The van der Waals surface area contributed by atoms with Gasteiger partial charge in [-0.15, -0.1) is 0 Å². The molecule has 0 bridgehead atoms. The number of rotatable bonds is 1. The predicted molar refractivity (Wildman–Crippen MR) is 24.7 cm³/mol. The molecule has 1 radical (unpaired) electrons. The Morgan fingerprint density at radius 1 is 1.83 bits per heavy atom. The molecule has 0 spiro atoms. The molecule has 0 aromatic carbocycles. The zero-order valence-corrected chi connectivity index (χ0v) is 3.52. The van der Waals surface area contributed by atoms with E-state index in [4.69, 9.17) is 5.26 Å². The number of hydrogen-bond donors (Lipinski definition) is 0. The zero-order chi connectivity index (χ0) is 4.83. The lowest BCUT2D eigenvalue weighted by Gasteiger charge is -1.63. The molecule has 0 aliphatic carbocycles. The average molecular weight is 80.1 g/mol. The maximum Gasteiger partial charge on any atom is 0.0908 e. The molecule has 0 aliphatic heterocycles. The van der Waals surface area contributed by atoms with Crippen LogP contribution in [0.15, 0.2) is 12.2 Å². The summed E-state index contributed by atoms with van der Waals surface area (Å²) in [6, 6.07) is 1.85. The molecule has 0 aliphatic rings. The van der Waals surface area contributed by atoms with Crippen molar-refractivity contribution in [3.63, 3.8) is 0 Å². The highest BCUT2D eigenvalue weighted by Crippen LogP contribution is 1.73. The number of hydrogen-bond acceptors (Lipinski definition) is 1. The van der Waals surface area contributed by atoms with Gasteiger partial charge in [-0.25, -0.2) is 0 Å². The van der Waals surface area contributed by atoms with Crippen LogP contribution in [0.1, 0.15) is 6.42 Å². The monoisotopic (exact) mass is 80.1 g/mol. The maximum atomic E-state index is 7.83. The molecule has 0 N–H and O–H groups in total. The van der Waals surface area contributed by atoms with Crippen LogP contribution in [0.4, 0.5) is 0 Å². The quantitative estimate of drug-likeness (QED) is 0.435. The molecule has 0 saturated carbocycles. The van der Waals surface area contributed by atoms with E-state index >= 15 is 0 Å². The molecule has 6 heavy (non-hydrogen) atoms. The van der Waals surface area contributed by atoms with E-state index in [0.29, 0.717) is 6.42 Å². The zero-order valence-electron chi connectivity index (χ0n) is 3.52. The first-order chi connectivity index (χ1) is 2.91. The Hall–Kier alpha value is -0.770. The van der Waals surface area contributed by atoms with E-state index in [9.17, 15) is 0 Å². The van der Waals surface area contributed by atoms with E-state index in [0.717, 1.165) is 0 Å². The summed E-state index contributed by atoms with van der Waals surface area (Å²) in [5.74, 6) is 0. The van der Waals surface area contributed by atoms with Crippen LogP contribution in [0, 0.1) is 18.3 Å². The van der Waals surface area contributed by atoms with E-state index in [1.54, 1.807) is 6.08 Å². The molecular weight excluding hydrogens is 74.1 g/mol. The Morgan fingerprint density at radius 2 is 2.50 bits per heavy atom. The van der Waals surface area contributed by atoms with Crippen molar-refractivity contribution in [1.29, 1.82) is 5.26 Å². The largest absolute Gasteiger partial charge is 0.193 e. The van der Waals surface area contributed by atoms with Crippen molar-refractivity contribution in [2.24, 2.45) is 0 Å². The van der Waals surface area contributed by atoms with Gasteiger partial charge in [0.15, 0.2) is 0 Å². The molecule has 0 amide bonds. The minimum Gasteiger partial charge on any atom is -0.193 e. The molecular formula is C5H6N. The van der Waals surface area contributed by atoms with Gasteiger partial charge in [0.2, 0.25) is 0 Å². The fourth-order valence-corrected chi connectivity index (χ4v) is 0.136. The highest BCUT2D eigenvalue weighted by Gasteiger charge is 1.57. The fraction of sp³-hybridized carbons (Fsp3) is 0.200. The highest BCUT2D eigenvalue weighted by atomic mass is 14.2. The van der Waals surface area contributed by atoms with Crippen LogP contribution in [0.3, 0.4) is 0 Å². The summed E-state index contributed by atoms with van der Waals surface area (Å²) in [6.45, 7) is 3.49. The number of allylic oxidation sites excluding steroid dienone is 2. The van der Waals surface area contributed by atoms with Crippen molar-refractivity contribution in [2.75, 3.05) is 0 Å². The molecule has 0 atom stereocenters. The van der Waals surface area contributed by atoms with Gasteiger partial charge in [-0.3, -0.25) is 0 Å². The van der Waals surface area contributed by atoms with E-state index < -0.39 is 0 Å². The van der Waals surface area contributed by atoms with Crippen molar-refractivity contribution in [3.05, 3.63) is 19.1 Å². The van der Waals surface area contributed by atoms with Crippen LogP contribution in [0.25, 0.3) is 0 Å². The second-order valence-electron chi connectivity index (χ2n) is 0.820. The average Bonchev–Trinajstić information content (AvgIpc) is 1.61. The third kappa shape index (κ3) is 3.23. The minimum absolute atomic E-state index is 0.702. The first kappa shape index (κ1) is 5.23. The van der Waals surface area contributed by atoms with E-state index in [1.165, 1.54) is 6.08 Å². The van der Waals surface area contributed by atoms with Crippen molar-refractivity contribution in [3.8, 4) is 6.07 Å². The molecule has 0 unspecified atom stereocenters. The van der Waals surface area contributed by atoms with Gasteiger partial charge in [0, 0.05) is 6.08 Å². The van der Waals surface area contributed by atoms with Gasteiger partial charge in [0.05, 0.1) is 6.07 Å². The van der Waals surface area contributed by atoms with Gasteiger partial charge in [0.25, 0.3) is 0 Å². The standard InChI is InChI=1S/C5H6N/c1-2-3-4-5-6/h3-4H,1-2H2/b4-3+. The summed E-state index contributed by atoms with van der Waals surface area (Å²) in [5.41, 5.74) is 0. The van der Waals surface area contributed by atoms with Crippen LogP contribution >= 0.6 is 0 Å². The number of nitriles is 1. The third-order valence-corrected chi connectivity index (χ3v) is 0.359. The SMILES string of the molecule is [CH2]C/C=C/C#N. The topological polar surface area (TPSA) is 23.8 Å². The second kappa shape index (κ2) is 4.23. The summed E-state index contributed by atoms with van der Waals surface area (Å²) in [6.07, 6.45) is 3.83. The predicted octanol–water partition coefficient (Wildman–Crippen LogP) is 1.29. The smallest absolute Gasteiger partial charge is 0.0908 e. The van der Waals surface area contributed by atoms with Crippen molar-refractivity contribution >= 4 is 0 Å². The Kier molecular flexibility index (Phi) is 3.69. The van der Waals surface area contributed by atoms with Crippen LogP contribution in [0.5, 0.6) is 0 Å². The lowest BCUT2D eigenvalue weighted by atomic mass is 10.4.